The van der Waals surface area contributed by atoms with Crippen LogP contribution in [0.4, 0.5) is 4.79 Å². The third kappa shape index (κ3) is 5.16. The molecule has 0 bridgehead atoms. The van der Waals surface area contributed by atoms with Gasteiger partial charge in [0, 0.05) is 35.5 Å². The number of amides is 2. The summed E-state index contributed by atoms with van der Waals surface area (Å²) in [7, 11) is 1.66. The highest BCUT2D eigenvalue weighted by molar-refractivity contribution is 7.99. The van der Waals surface area contributed by atoms with Crippen molar-refractivity contribution in [2.24, 2.45) is 0 Å². The first kappa shape index (κ1) is 18.1. The van der Waals surface area contributed by atoms with E-state index in [1.165, 1.54) is 10.4 Å². The van der Waals surface area contributed by atoms with E-state index in [1.807, 2.05) is 52.3 Å². The molecule has 0 radical (unpaired) electrons. The van der Waals surface area contributed by atoms with Gasteiger partial charge in [0.2, 0.25) is 0 Å². The third-order valence-electron chi connectivity index (χ3n) is 4.34. The van der Waals surface area contributed by atoms with E-state index in [4.69, 9.17) is 4.74 Å². The van der Waals surface area contributed by atoms with Gasteiger partial charge in [-0.15, -0.1) is 11.3 Å². The minimum Gasteiger partial charge on any atom is -0.497 e. The maximum Gasteiger partial charge on any atom is 0.317 e. The molecule has 3 rings (SSSR count). The summed E-state index contributed by atoms with van der Waals surface area (Å²) in [5.74, 6) is 1.85. The van der Waals surface area contributed by atoms with Gasteiger partial charge in [0.15, 0.2) is 0 Å². The first-order valence-electron chi connectivity index (χ1n) is 8.57. The van der Waals surface area contributed by atoms with Gasteiger partial charge in [-0.05, 0) is 42.0 Å². The molecule has 1 aromatic carbocycles. The van der Waals surface area contributed by atoms with Crippen LogP contribution in [0.3, 0.4) is 0 Å². The molecule has 1 atom stereocenters. The van der Waals surface area contributed by atoms with Gasteiger partial charge >= 0.3 is 6.03 Å². The van der Waals surface area contributed by atoms with Crippen molar-refractivity contribution in [2.75, 3.05) is 32.5 Å². The first-order valence-corrected chi connectivity index (χ1v) is 10.5. The van der Waals surface area contributed by atoms with Crippen molar-refractivity contribution in [3.05, 3.63) is 52.2 Å². The van der Waals surface area contributed by atoms with Crippen LogP contribution in [0.1, 0.15) is 22.1 Å². The number of thiophene rings is 1. The maximum atomic E-state index is 12.4. The van der Waals surface area contributed by atoms with E-state index >= 15 is 0 Å². The fraction of sp³-hybridized carbons (Fsp3) is 0.421. The highest BCUT2D eigenvalue weighted by atomic mass is 32.2. The Hall–Kier alpha value is -1.66. The van der Waals surface area contributed by atoms with Crippen LogP contribution in [0.2, 0.25) is 0 Å². The second kappa shape index (κ2) is 9.15. The number of hydrogen-bond donors (Lipinski definition) is 1. The summed E-state index contributed by atoms with van der Waals surface area (Å²) < 4.78 is 5.16. The minimum absolute atomic E-state index is 0.0564. The summed E-state index contributed by atoms with van der Waals surface area (Å²) >= 11 is 3.78. The zero-order chi connectivity index (χ0) is 17.5. The summed E-state index contributed by atoms with van der Waals surface area (Å²) in [4.78, 5) is 15.8. The molecule has 2 amide bonds. The quantitative estimate of drug-likeness (QED) is 0.851. The number of nitrogens with one attached hydrogen (secondary N) is 1. The summed E-state index contributed by atoms with van der Waals surface area (Å²) in [5, 5.41) is 5.71. The van der Waals surface area contributed by atoms with Crippen molar-refractivity contribution < 1.29 is 9.53 Å². The van der Waals surface area contributed by atoms with E-state index in [9.17, 15) is 4.79 Å². The average Bonchev–Trinajstić information content (AvgIpc) is 3.06. The number of urea groups is 1. The van der Waals surface area contributed by atoms with Crippen molar-refractivity contribution >= 4 is 29.1 Å². The molecule has 0 saturated carbocycles. The zero-order valence-corrected chi connectivity index (χ0v) is 16.1. The minimum atomic E-state index is 0.0564. The van der Waals surface area contributed by atoms with Gasteiger partial charge in [-0.25, -0.2) is 4.79 Å². The monoisotopic (exact) mass is 376 g/mol. The van der Waals surface area contributed by atoms with E-state index < -0.39 is 0 Å². The predicted molar refractivity (Wildman–Crippen MR) is 106 cm³/mol. The Bertz CT molecular complexity index is 659. The van der Waals surface area contributed by atoms with Crippen LogP contribution in [-0.2, 0) is 6.42 Å². The third-order valence-corrected chi connectivity index (χ3v) is 6.78. The largest absolute Gasteiger partial charge is 0.497 e. The number of rotatable bonds is 5. The molecule has 134 valence electrons. The SMILES string of the molecule is COc1ccc(CCNC(=O)N2CCS[C@@H](c3cccs3)CC2)cc1. The number of benzene rings is 1. The number of hydrogen-bond acceptors (Lipinski definition) is 4. The number of carbonyl (C=O) groups excluding carboxylic acids is 1. The normalized spacial score (nSPS) is 17.8. The van der Waals surface area contributed by atoms with Gasteiger partial charge < -0.3 is 15.0 Å². The van der Waals surface area contributed by atoms with E-state index in [0.717, 1.165) is 37.4 Å². The van der Waals surface area contributed by atoms with Crippen molar-refractivity contribution in [3.63, 3.8) is 0 Å². The van der Waals surface area contributed by atoms with Crippen LogP contribution < -0.4 is 10.1 Å². The van der Waals surface area contributed by atoms with Gasteiger partial charge in [0.25, 0.3) is 0 Å². The van der Waals surface area contributed by atoms with E-state index in [-0.39, 0.29) is 6.03 Å². The number of thioether (sulfide) groups is 1. The topological polar surface area (TPSA) is 41.6 Å². The zero-order valence-electron chi connectivity index (χ0n) is 14.4. The Labute approximate surface area is 157 Å². The Kier molecular flexibility index (Phi) is 6.64. The van der Waals surface area contributed by atoms with E-state index in [2.05, 4.69) is 22.8 Å². The lowest BCUT2D eigenvalue weighted by Gasteiger charge is -2.20. The molecule has 1 aliphatic rings. The number of methoxy groups -OCH3 is 1. The second-order valence-electron chi connectivity index (χ2n) is 5.98. The van der Waals surface area contributed by atoms with Crippen LogP contribution >= 0.6 is 23.1 Å². The molecular formula is C19H24N2O2S2. The van der Waals surface area contributed by atoms with Crippen LogP contribution in [0.25, 0.3) is 0 Å². The molecule has 1 N–H and O–H groups in total. The smallest absolute Gasteiger partial charge is 0.317 e. The Morgan fingerprint density at radius 1 is 1.28 bits per heavy atom. The molecule has 1 aliphatic heterocycles. The van der Waals surface area contributed by atoms with Crippen LogP contribution in [0.5, 0.6) is 5.75 Å². The Balaban J connectivity index is 1.43. The fourth-order valence-electron chi connectivity index (χ4n) is 2.89. The van der Waals surface area contributed by atoms with Gasteiger partial charge in [0.05, 0.1) is 7.11 Å². The molecule has 1 aromatic heterocycles. The molecule has 4 nitrogen and oxygen atoms in total. The Morgan fingerprint density at radius 3 is 2.84 bits per heavy atom. The molecule has 0 aliphatic carbocycles. The highest BCUT2D eigenvalue weighted by Gasteiger charge is 2.22. The molecule has 2 heterocycles. The molecule has 0 unspecified atom stereocenters. The van der Waals surface area contributed by atoms with Crippen molar-refractivity contribution in [1.82, 2.24) is 10.2 Å². The molecule has 1 saturated heterocycles. The first-order chi connectivity index (χ1) is 12.3. The van der Waals surface area contributed by atoms with Crippen LogP contribution in [0.15, 0.2) is 41.8 Å². The molecule has 6 heteroatoms. The number of carbonyl (C=O) groups is 1. The summed E-state index contributed by atoms with van der Waals surface area (Å²) in [6, 6.07) is 12.4. The Morgan fingerprint density at radius 2 is 2.12 bits per heavy atom. The highest BCUT2D eigenvalue weighted by Crippen LogP contribution is 2.36. The lowest BCUT2D eigenvalue weighted by atomic mass is 10.1. The van der Waals surface area contributed by atoms with Gasteiger partial charge in [0.1, 0.15) is 5.75 Å². The lowest BCUT2D eigenvalue weighted by molar-refractivity contribution is 0.201. The average molecular weight is 377 g/mol. The summed E-state index contributed by atoms with van der Waals surface area (Å²) in [6.07, 6.45) is 1.85. The second-order valence-corrected chi connectivity index (χ2v) is 8.27. The van der Waals surface area contributed by atoms with Gasteiger partial charge in [-0.1, -0.05) is 18.2 Å². The van der Waals surface area contributed by atoms with Gasteiger partial charge in [-0.2, -0.15) is 11.8 Å². The molecule has 1 fully saturated rings. The van der Waals surface area contributed by atoms with Crippen molar-refractivity contribution in [3.8, 4) is 5.75 Å². The fourth-order valence-corrected chi connectivity index (χ4v) is 5.13. The molecule has 2 aromatic rings. The predicted octanol–water partition coefficient (Wildman–Crippen LogP) is 4.19. The standard InChI is InChI=1S/C19H24N2O2S2/c1-23-16-6-4-15(5-7-16)8-10-20-19(22)21-11-9-18(25-14-12-21)17-3-2-13-24-17/h2-7,13,18H,8-12,14H2,1H3,(H,20,22)/t18-/m1/s1. The lowest BCUT2D eigenvalue weighted by Crippen LogP contribution is -2.41. The van der Waals surface area contributed by atoms with Gasteiger partial charge in [-0.3, -0.25) is 0 Å². The van der Waals surface area contributed by atoms with Crippen molar-refractivity contribution in [2.45, 2.75) is 18.1 Å². The molecular weight excluding hydrogens is 352 g/mol. The summed E-state index contributed by atoms with van der Waals surface area (Å²) in [6.45, 7) is 2.30. The molecule has 25 heavy (non-hydrogen) atoms. The molecule has 0 spiro atoms. The van der Waals surface area contributed by atoms with E-state index in [0.29, 0.717) is 11.8 Å². The van der Waals surface area contributed by atoms with Crippen molar-refractivity contribution in [1.29, 1.82) is 0 Å². The number of ether oxygens (including phenoxy) is 1. The van der Waals surface area contributed by atoms with E-state index in [1.54, 1.807) is 7.11 Å². The van der Waals surface area contributed by atoms with Crippen LogP contribution in [-0.4, -0.2) is 43.4 Å². The maximum absolute atomic E-state index is 12.4. The number of nitrogens with zero attached hydrogens (tertiary/aromatic N) is 1. The summed E-state index contributed by atoms with van der Waals surface area (Å²) in [5.41, 5.74) is 1.20. The van der Waals surface area contributed by atoms with Crippen LogP contribution in [0, 0.1) is 0 Å².